The van der Waals surface area contributed by atoms with Crippen LogP contribution in [0.1, 0.15) is 46.0 Å². The van der Waals surface area contributed by atoms with E-state index in [1.807, 2.05) is 72.0 Å². The van der Waals surface area contributed by atoms with Crippen molar-refractivity contribution in [3.8, 4) is 45.8 Å². The smallest absolute Gasteiger partial charge is 0.416 e. The maximum absolute atomic E-state index is 12.6. The lowest BCUT2D eigenvalue weighted by Gasteiger charge is -2.28. The SMILES string of the molecule is C#CC(C)N(C(=O)OC(C)(C)C)c1sc(-c2cccnc2)nc1C.C#CC(C)Nc1sc(-c2cccnc2)nc1C. The number of nitrogens with zero attached hydrogens (tertiary/aromatic N) is 5. The van der Waals surface area contributed by atoms with Gasteiger partial charge in [-0.05, 0) is 72.7 Å². The molecule has 212 valence electrons. The van der Waals surface area contributed by atoms with Gasteiger partial charge in [0.15, 0.2) is 0 Å². The molecule has 4 heterocycles. The first kappa shape index (κ1) is 31.3. The second-order valence-electron chi connectivity index (χ2n) is 10.1. The molecule has 0 aliphatic carbocycles. The Morgan fingerprint density at radius 3 is 2.00 bits per heavy atom. The summed E-state index contributed by atoms with van der Waals surface area (Å²) < 4.78 is 5.51. The maximum Gasteiger partial charge on any atom is 0.416 e. The van der Waals surface area contributed by atoms with Gasteiger partial charge in [-0.2, -0.15) is 0 Å². The van der Waals surface area contributed by atoms with E-state index < -0.39 is 17.7 Å². The topological polar surface area (TPSA) is 93.1 Å². The molecule has 1 N–H and O–H groups in total. The largest absolute Gasteiger partial charge is 0.443 e. The third kappa shape index (κ3) is 8.62. The van der Waals surface area contributed by atoms with E-state index in [1.54, 1.807) is 36.9 Å². The molecule has 0 fully saturated rings. The third-order valence-electron chi connectivity index (χ3n) is 5.42. The predicted octanol–water partition coefficient (Wildman–Crippen LogP) is 7.22. The highest BCUT2D eigenvalue weighted by Gasteiger charge is 2.30. The average Bonchev–Trinajstić information content (AvgIpc) is 3.51. The number of pyridine rings is 2. The van der Waals surface area contributed by atoms with Crippen LogP contribution in [0.5, 0.6) is 0 Å². The van der Waals surface area contributed by atoms with E-state index in [0.717, 1.165) is 37.5 Å². The Labute approximate surface area is 250 Å². The lowest BCUT2D eigenvalue weighted by atomic mass is 10.2. The monoisotopic (exact) mass is 586 g/mol. The van der Waals surface area contributed by atoms with E-state index in [4.69, 9.17) is 17.6 Å². The van der Waals surface area contributed by atoms with E-state index in [9.17, 15) is 4.79 Å². The number of aryl methyl sites for hydroxylation is 2. The summed E-state index contributed by atoms with van der Waals surface area (Å²) in [6, 6.07) is 7.25. The van der Waals surface area contributed by atoms with Crippen LogP contribution < -0.4 is 10.2 Å². The second-order valence-corrected chi connectivity index (χ2v) is 12.0. The van der Waals surface area contributed by atoms with Gasteiger partial charge in [-0.1, -0.05) is 34.5 Å². The number of carbonyl (C=O) groups excluding carboxylic acids is 1. The molecule has 0 aliphatic rings. The van der Waals surface area contributed by atoms with Crippen LogP contribution in [-0.4, -0.2) is 43.7 Å². The van der Waals surface area contributed by atoms with Crippen LogP contribution >= 0.6 is 22.7 Å². The molecule has 0 radical (unpaired) electrons. The van der Waals surface area contributed by atoms with E-state index in [-0.39, 0.29) is 6.04 Å². The fraction of sp³-hybridized carbons (Fsp3) is 0.323. The Kier molecular flexibility index (Phi) is 10.6. The van der Waals surface area contributed by atoms with E-state index in [2.05, 4.69) is 37.1 Å². The van der Waals surface area contributed by atoms with Crippen molar-refractivity contribution in [3.63, 3.8) is 0 Å². The van der Waals surface area contributed by atoms with Crippen LogP contribution in [0.25, 0.3) is 21.1 Å². The van der Waals surface area contributed by atoms with Crippen molar-refractivity contribution in [2.24, 2.45) is 0 Å². The number of terminal acetylenes is 2. The summed E-state index contributed by atoms with van der Waals surface area (Å²) in [5.41, 5.74) is 3.02. The fourth-order valence-corrected chi connectivity index (χ4v) is 5.58. The molecule has 4 aromatic heterocycles. The number of ether oxygens (including phenoxy) is 1. The van der Waals surface area contributed by atoms with Gasteiger partial charge in [0.1, 0.15) is 25.6 Å². The van der Waals surface area contributed by atoms with Crippen molar-refractivity contribution < 1.29 is 9.53 Å². The molecule has 4 aromatic rings. The van der Waals surface area contributed by atoms with Crippen LogP contribution in [0, 0.1) is 38.5 Å². The number of hydrogen-bond acceptors (Lipinski definition) is 9. The third-order valence-corrected chi connectivity index (χ3v) is 7.76. The lowest BCUT2D eigenvalue weighted by molar-refractivity contribution is 0.0576. The normalized spacial score (nSPS) is 12.1. The number of amides is 1. The summed E-state index contributed by atoms with van der Waals surface area (Å²) in [6.45, 7) is 13.0. The van der Waals surface area contributed by atoms with Crippen LogP contribution in [0.15, 0.2) is 49.1 Å². The molecule has 0 aromatic carbocycles. The number of rotatable bonds is 6. The quantitative estimate of drug-likeness (QED) is 0.238. The summed E-state index contributed by atoms with van der Waals surface area (Å²) in [4.78, 5) is 31.4. The Hall–Kier alpha value is -4.25. The minimum absolute atomic E-state index is 0.0101. The first-order valence-corrected chi connectivity index (χ1v) is 14.5. The highest BCUT2D eigenvalue weighted by molar-refractivity contribution is 7.19. The van der Waals surface area contributed by atoms with Gasteiger partial charge in [-0.15, -0.1) is 12.8 Å². The van der Waals surface area contributed by atoms with E-state index in [0.29, 0.717) is 5.00 Å². The minimum atomic E-state index is -0.603. The molecule has 10 heteroatoms. The maximum atomic E-state index is 12.6. The lowest BCUT2D eigenvalue weighted by Crippen LogP contribution is -2.41. The highest BCUT2D eigenvalue weighted by Crippen LogP contribution is 2.36. The molecular weight excluding hydrogens is 553 g/mol. The molecule has 2 atom stereocenters. The number of carbonyl (C=O) groups is 1. The van der Waals surface area contributed by atoms with Crippen LogP contribution in [0.2, 0.25) is 0 Å². The Morgan fingerprint density at radius 2 is 1.51 bits per heavy atom. The van der Waals surface area contributed by atoms with Crippen molar-refractivity contribution in [1.29, 1.82) is 0 Å². The van der Waals surface area contributed by atoms with Gasteiger partial charge in [0.25, 0.3) is 0 Å². The van der Waals surface area contributed by atoms with E-state index >= 15 is 0 Å². The van der Waals surface area contributed by atoms with Crippen LogP contribution in [0.3, 0.4) is 0 Å². The minimum Gasteiger partial charge on any atom is -0.443 e. The summed E-state index contributed by atoms with van der Waals surface area (Å²) in [6.07, 6.45) is 17.4. The summed E-state index contributed by atoms with van der Waals surface area (Å²) in [5, 5.41) is 6.71. The molecule has 0 saturated carbocycles. The molecule has 1 amide bonds. The zero-order valence-electron chi connectivity index (χ0n) is 24.3. The summed E-state index contributed by atoms with van der Waals surface area (Å²) >= 11 is 3.00. The Balaban J connectivity index is 0.000000239. The Morgan fingerprint density at radius 1 is 0.951 bits per heavy atom. The van der Waals surface area contributed by atoms with E-state index in [1.165, 1.54) is 16.2 Å². The van der Waals surface area contributed by atoms with Gasteiger partial charge in [-0.25, -0.2) is 14.8 Å². The van der Waals surface area contributed by atoms with Gasteiger partial charge in [0, 0.05) is 35.9 Å². The van der Waals surface area contributed by atoms with Gasteiger partial charge < -0.3 is 10.1 Å². The molecular formula is C31H34N6O2S2. The molecule has 2 unspecified atom stereocenters. The van der Waals surface area contributed by atoms with Gasteiger partial charge in [-0.3, -0.25) is 14.9 Å². The zero-order valence-corrected chi connectivity index (χ0v) is 25.9. The molecule has 0 bridgehead atoms. The molecule has 41 heavy (non-hydrogen) atoms. The first-order valence-electron chi connectivity index (χ1n) is 12.9. The van der Waals surface area contributed by atoms with Crippen molar-refractivity contribution in [1.82, 2.24) is 19.9 Å². The van der Waals surface area contributed by atoms with Crippen molar-refractivity contribution >= 4 is 38.8 Å². The summed E-state index contributed by atoms with van der Waals surface area (Å²) in [7, 11) is 0. The van der Waals surface area contributed by atoms with Crippen LogP contribution in [-0.2, 0) is 4.74 Å². The van der Waals surface area contributed by atoms with Gasteiger partial charge >= 0.3 is 6.09 Å². The predicted molar refractivity (Wildman–Crippen MR) is 169 cm³/mol. The Bertz CT molecular complexity index is 1530. The highest BCUT2D eigenvalue weighted by atomic mass is 32.1. The number of nitrogens with one attached hydrogen (secondary N) is 1. The molecule has 0 spiro atoms. The number of anilines is 2. The number of aromatic nitrogens is 4. The molecule has 4 rings (SSSR count). The van der Waals surface area contributed by atoms with Crippen LogP contribution in [0.4, 0.5) is 14.8 Å². The average molecular weight is 587 g/mol. The standard InChI is InChI=1S/C18H21N3O2S.C13H13N3S/c1-7-12(2)21(17(22)23-18(4,5)6)16-13(3)20-15(24-16)14-9-8-10-19-11-14;1-4-9(2)15-12-10(3)16-13(17-12)11-6-5-7-14-8-11/h1,8-12H,2-6H3;1,5-9,15H,2-3H3. The van der Waals surface area contributed by atoms with Crippen molar-refractivity contribution in [3.05, 3.63) is 60.4 Å². The first-order chi connectivity index (χ1) is 19.4. The van der Waals surface area contributed by atoms with Crippen molar-refractivity contribution in [2.45, 2.75) is 66.2 Å². The zero-order chi connectivity index (χ0) is 30.2. The van der Waals surface area contributed by atoms with Gasteiger partial charge in [0.2, 0.25) is 0 Å². The second kappa shape index (κ2) is 13.9. The number of thiazole rings is 2. The molecule has 0 saturated heterocycles. The molecule has 8 nitrogen and oxygen atoms in total. The summed E-state index contributed by atoms with van der Waals surface area (Å²) in [5.74, 6) is 5.24. The molecule has 0 aliphatic heterocycles. The number of hydrogen-bond donors (Lipinski definition) is 1. The van der Waals surface area contributed by atoms with Crippen molar-refractivity contribution in [2.75, 3.05) is 10.2 Å². The fourth-order valence-electron chi connectivity index (χ4n) is 3.41. The van der Waals surface area contributed by atoms with Gasteiger partial charge in [0.05, 0.1) is 23.5 Å².